The molecule has 0 amide bonds. The minimum absolute atomic E-state index is 0. The van der Waals surface area contributed by atoms with Gasteiger partial charge in [-0.1, -0.05) is 0 Å². The van der Waals surface area contributed by atoms with Gasteiger partial charge in [-0.2, -0.15) is 9.89 Å². The Balaban J connectivity index is 0. The lowest BCUT2D eigenvalue weighted by Gasteiger charge is -1.98. The van der Waals surface area contributed by atoms with Crippen molar-refractivity contribution in [3.8, 4) is 0 Å². The van der Waals surface area contributed by atoms with E-state index in [1.807, 2.05) is 0 Å². The second-order valence-corrected chi connectivity index (χ2v) is 1.96. The molecule has 0 bridgehead atoms. The summed E-state index contributed by atoms with van der Waals surface area (Å²) in [5, 5.41) is 12.2. The molecule has 0 unspecified atom stereocenters. The average Bonchev–Trinajstić information content (AvgIpc) is 2.20. The van der Waals surface area contributed by atoms with Crippen molar-refractivity contribution < 1.29 is 5.11 Å². The van der Waals surface area contributed by atoms with Crippen LogP contribution in [0, 0.1) is 0 Å². The van der Waals surface area contributed by atoms with E-state index in [9.17, 15) is 0 Å². The molecule has 12 heavy (non-hydrogen) atoms. The Kier molecular flexibility index (Phi) is 6.88. The molecule has 0 spiro atoms. The van der Waals surface area contributed by atoms with E-state index >= 15 is 0 Å². The predicted octanol–water partition coefficient (Wildman–Crippen LogP) is -0.443. The summed E-state index contributed by atoms with van der Waals surface area (Å²) < 4.78 is 0. The van der Waals surface area contributed by atoms with E-state index < -0.39 is 0 Å². The summed E-state index contributed by atoms with van der Waals surface area (Å²) in [6, 6.07) is 0. The lowest BCUT2D eigenvalue weighted by molar-refractivity contribution is 0.297. The van der Waals surface area contributed by atoms with Crippen LogP contribution in [0.2, 0.25) is 0 Å². The van der Waals surface area contributed by atoms with Crippen molar-refractivity contribution >= 4 is 30.5 Å². The Morgan fingerprint density at radius 3 is 2.42 bits per heavy atom. The number of nitrogens with two attached hydrogens (primary N) is 2. The number of nitrogen functional groups attached to an aromatic ring is 2. The first-order chi connectivity index (χ1) is 4.75. The monoisotopic (exact) mass is 214 g/mol. The summed E-state index contributed by atoms with van der Waals surface area (Å²) in [5.74, 6) is 5.34. The number of rotatable bonds is 2. The van der Waals surface area contributed by atoms with Gasteiger partial charge in [-0.05, 0) is 0 Å². The molecule has 5 nitrogen and oxygen atoms in total. The largest absolute Gasteiger partial charge is 0.396 e. The zero-order valence-electron chi connectivity index (χ0n) is 6.30. The second kappa shape index (κ2) is 5.93. The number of aliphatic hydroxyl groups is 1. The maximum absolute atomic E-state index is 8.53. The van der Waals surface area contributed by atoms with Crippen LogP contribution in [0.5, 0.6) is 0 Å². The molecule has 1 aromatic rings. The van der Waals surface area contributed by atoms with Gasteiger partial charge in [0.25, 0.3) is 0 Å². The highest BCUT2D eigenvalue weighted by Gasteiger charge is 2.03. The summed E-state index contributed by atoms with van der Waals surface area (Å²) >= 11 is 0. The molecule has 0 aliphatic heterocycles. The first-order valence-corrected chi connectivity index (χ1v) is 2.94. The highest BCUT2D eigenvalue weighted by atomic mass is 35.5. The molecule has 5 N–H and O–H groups in total. The molecule has 0 aliphatic rings. The fourth-order valence-corrected chi connectivity index (χ4v) is 0.766. The van der Waals surface area contributed by atoms with E-state index in [1.54, 1.807) is 0 Å². The summed E-state index contributed by atoms with van der Waals surface area (Å²) in [6.45, 7) is 0.0348. The lowest BCUT2D eigenvalue weighted by Crippen LogP contribution is -2.15. The van der Waals surface area contributed by atoms with Crippen molar-refractivity contribution in [1.29, 1.82) is 0 Å². The van der Waals surface area contributed by atoms with Crippen molar-refractivity contribution in [3.63, 3.8) is 0 Å². The van der Waals surface area contributed by atoms with Crippen molar-refractivity contribution in [2.24, 2.45) is 0 Å². The lowest BCUT2D eigenvalue weighted by atomic mass is 10.3. The van der Waals surface area contributed by atoms with E-state index in [-0.39, 0.29) is 31.4 Å². The van der Waals surface area contributed by atoms with Crippen LogP contribution in [0.4, 0.5) is 5.69 Å². The Bertz CT molecular complexity index is 208. The van der Waals surface area contributed by atoms with E-state index in [1.165, 1.54) is 11.0 Å². The Hall–Kier alpha value is -0.650. The number of anilines is 1. The smallest absolute Gasteiger partial charge is 0.0869 e. The van der Waals surface area contributed by atoms with Gasteiger partial charge in [0, 0.05) is 13.0 Å². The predicted molar refractivity (Wildman–Crippen MR) is 52.1 cm³/mol. The summed E-state index contributed by atoms with van der Waals surface area (Å²) in [5.41, 5.74) is 6.65. The van der Waals surface area contributed by atoms with Gasteiger partial charge in [-0.25, -0.2) is 0 Å². The minimum atomic E-state index is 0. The van der Waals surface area contributed by atoms with Gasteiger partial charge in [-0.3, -0.25) is 0 Å². The van der Waals surface area contributed by atoms with Gasteiger partial charge in [0.1, 0.15) is 0 Å². The van der Waals surface area contributed by atoms with Gasteiger partial charge in [0.05, 0.1) is 17.6 Å². The molecule has 1 aromatic heterocycles. The van der Waals surface area contributed by atoms with Crippen molar-refractivity contribution in [2.45, 2.75) is 6.42 Å². The zero-order valence-corrected chi connectivity index (χ0v) is 7.94. The van der Waals surface area contributed by atoms with E-state index in [0.29, 0.717) is 17.8 Å². The fourth-order valence-electron chi connectivity index (χ4n) is 0.766. The number of aliphatic hydroxyl groups excluding tert-OH is 1. The van der Waals surface area contributed by atoms with Crippen LogP contribution in [0.15, 0.2) is 6.20 Å². The van der Waals surface area contributed by atoms with Gasteiger partial charge in [-0.15, -0.1) is 24.8 Å². The summed E-state index contributed by atoms with van der Waals surface area (Å²) in [7, 11) is 0. The third-order valence-electron chi connectivity index (χ3n) is 1.28. The van der Waals surface area contributed by atoms with Crippen LogP contribution in [0.25, 0.3) is 0 Å². The highest BCUT2D eigenvalue weighted by molar-refractivity contribution is 5.85. The summed E-state index contributed by atoms with van der Waals surface area (Å²) in [4.78, 5) is 1.17. The first kappa shape index (κ1) is 13.9. The molecule has 0 saturated heterocycles. The van der Waals surface area contributed by atoms with Crippen molar-refractivity contribution in [3.05, 3.63) is 11.9 Å². The standard InChI is InChI=1S/C5H10N4O.2ClH/c6-4-3-8-9(7)5(4)1-2-10;;/h3,10H,1-2,6-7H2;2*1H. The third-order valence-corrected chi connectivity index (χ3v) is 1.28. The minimum Gasteiger partial charge on any atom is -0.396 e. The normalized spacial score (nSPS) is 8.42. The van der Waals surface area contributed by atoms with Crippen LogP contribution >= 0.6 is 24.8 Å². The Morgan fingerprint density at radius 2 is 2.08 bits per heavy atom. The molecule has 0 aromatic carbocycles. The number of hydrogen-bond acceptors (Lipinski definition) is 4. The molecule has 0 atom stereocenters. The van der Waals surface area contributed by atoms with Crippen LogP contribution in [0.3, 0.4) is 0 Å². The van der Waals surface area contributed by atoms with Crippen LogP contribution in [-0.4, -0.2) is 21.6 Å². The SMILES string of the molecule is Cl.Cl.Nc1cnn(N)c1CCO. The number of hydrogen-bond donors (Lipinski definition) is 3. The molecule has 7 heteroatoms. The molecule has 0 saturated carbocycles. The molecular weight excluding hydrogens is 203 g/mol. The second-order valence-electron chi connectivity index (χ2n) is 1.96. The van der Waals surface area contributed by atoms with Crippen molar-refractivity contribution in [1.82, 2.24) is 9.89 Å². The molecule has 0 fully saturated rings. The highest BCUT2D eigenvalue weighted by Crippen LogP contribution is 2.07. The van der Waals surface area contributed by atoms with E-state index in [0.717, 1.165) is 0 Å². The topological polar surface area (TPSA) is 90.1 Å². The molecule has 0 radical (unpaired) electrons. The Labute approximate surface area is 82.5 Å². The quantitative estimate of drug-likeness (QED) is 0.583. The van der Waals surface area contributed by atoms with E-state index in [2.05, 4.69) is 5.10 Å². The van der Waals surface area contributed by atoms with Crippen LogP contribution < -0.4 is 11.6 Å². The van der Waals surface area contributed by atoms with Crippen LogP contribution in [-0.2, 0) is 6.42 Å². The maximum Gasteiger partial charge on any atom is 0.0869 e. The maximum atomic E-state index is 8.53. The molecule has 1 rings (SSSR count). The fraction of sp³-hybridized carbons (Fsp3) is 0.400. The average molecular weight is 215 g/mol. The summed E-state index contributed by atoms with van der Waals surface area (Å²) in [6.07, 6.45) is 1.91. The molecule has 72 valence electrons. The van der Waals surface area contributed by atoms with Gasteiger partial charge < -0.3 is 16.7 Å². The van der Waals surface area contributed by atoms with Gasteiger partial charge >= 0.3 is 0 Å². The van der Waals surface area contributed by atoms with Crippen molar-refractivity contribution in [2.75, 3.05) is 18.2 Å². The van der Waals surface area contributed by atoms with Gasteiger partial charge in [0.15, 0.2) is 0 Å². The first-order valence-electron chi connectivity index (χ1n) is 2.94. The molecular formula is C5H12Cl2N4O. The zero-order chi connectivity index (χ0) is 7.56. The van der Waals surface area contributed by atoms with Gasteiger partial charge in [0.2, 0.25) is 0 Å². The molecule has 1 heterocycles. The number of nitrogens with zero attached hydrogens (tertiary/aromatic N) is 2. The number of aromatic nitrogens is 2. The number of halogens is 2. The Morgan fingerprint density at radius 1 is 1.50 bits per heavy atom. The molecule has 0 aliphatic carbocycles. The third kappa shape index (κ3) is 2.77. The van der Waals surface area contributed by atoms with E-state index in [4.69, 9.17) is 16.7 Å². The van der Waals surface area contributed by atoms with Crippen LogP contribution in [0.1, 0.15) is 5.69 Å².